The molecule has 0 aliphatic rings. The Kier molecular flexibility index (Phi) is 6.38. The molecule has 4 nitrogen and oxygen atoms in total. The van der Waals surface area contributed by atoms with Gasteiger partial charge in [-0.05, 0) is 26.0 Å². The average Bonchev–Trinajstić information content (AvgIpc) is 2.37. The number of hydrogen-bond donors (Lipinski definition) is 1. The van der Waals surface area contributed by atoms with E-state index in [4.69, 9.17) is 9.47 Å². The van der Waals surface area contributed by atoms with Gasteiger partial charge >= 0.3 is 0 Å². The van der Waals surface area contributed by atoms with Gasteiger partial charge in [-0.3, -0.25) is 4.79 Å². The SMILES string of the molecule is CCOCCOC(C)C(=O)Nc1ccc(F)cc1F. The number of amides is 1. The van der Waals surface area contributed by atoms with Crippen molar-refractivity contribution >= 4 is 11.6 Å². The molecule has 106 valence electrons. The molecular formula is C13H17F2NO3. The summed E-state index contributed by atoms with van der Waals surface area (Å²) in [7, 11) is 0. The van der Waals surface area contributed by atoms with Crippen LogP contribution in [0.2, 0.25) is 0 Å². The lowest BCUT2D eigenvalue weighted by molar-refractivity contribution is -0.127. The first-order valence-corrected chi connectivity index (χ1v) is 5.99. The van der Waals surface area contributed by atoms with Crippen LogP contribution in [0.15, 0.2) is 18.2 Å². The summed E-state index contributed by atoms with van der Waals surface area (Å²) in [6.45, 7) is 4.63. The molecule has 1 atom stereocenters. The number of anilines is 1. The minimum Gasteiger partial charge on any atom is -0.379 e. The van der Waals surface area contributed by atoms with E-state index >= 15 is 0 Å². The maximum absolute atomic E-state index is 13.3. The Bertz CT molecular complexity index is 426. The smallest absolute Gasteiger partial charge is 0.253 e. The minimum absolute atomic E-state index is 0.0772. The molecular weight excluding hydrogens is 256 g/mol. The highest BCUT2D eigenvalue weighted by Gasteiger charge is 2.15. The Morgan fingerprint density at radius 2 is 2.11 bits per heavy atom. The molecule has 1 amide bonds. The molecule has 1 unspecified atom stereocenters. The molecule has 0 aliphatic heterocycles. The van der Waals surface area contributed by atoms with Gasteiger partial charge in [-0.1, -0.05) is 0 Å². The molecule has 0 radical (unpaired) electrons. The van der Waals surface area contributed by atoms with Gasteiger partial charge in [-0.2, -0.15) is 0 Å². The molecule has 1 rings (SSSR count). The molecule has 0 fully saturated rings. The third-order valence-corrected chi connectivity index (χ3v) is 2.36. The summed E-state index contributed by atoms with van der Waals surface area (Å²) in [5, 5.41) is 2.33. The Morgan fingerprint density at radius 1 is 1.37 bits per heavy atom. The third kappa shape index (κ3) is 5.32. The lowest BCUT2D eigenvalue weighted by Gasteiger charge is -2.13. The van der Waals surface area contributed by atoms with Gasteiger partial charge < -0.3 is 14.8 Å². The van der Waals surface area contributed by atoms with E-state index in [2.05, 4.69) is 5.32 Å². The molecule has 1 aromatic rings. The molecule has 0 heterocycles. The summed E-state index contributed by atoms with van der Waals surface area (Å²) in [5.41, 5.74) is -0.0772. The van der Waals surface area contributed by atoms with E-state index in [1.807, 2.05) is 6.92 Å². The first-order chi connectivity index (χ1) is 9.04. The van der Waals surface area contributed by atoms with Gasteiger partial charge in [0.2, 0.25) is 0 Å². The fraction of sp³-hybridized carbons (Fsp3) is 0.462. The van der Waals surface area contributed by atoms with Crippen LogP contribution in [0.1, 0.15) is 13.8 Å². The summed E-state index contributed by atoms with van der Waals surface area (Å²) in [5.74, 6) is -2.02. The second-order valence-electron chi connectivity index (χ2n) is 3.82. The van der Waals surface area contributed by atoms with E-state index in [0.29, 0.717) is 19.3 Å². The second kappa shape index (κ2) is 7.81. The van der Waals surface area contributed by atoms with Gasteiger partial charge in [0.1, 0.15) is 17.7 Å². The van der Waals surface area contributed by atoms with Crippen LogP contribution >= 0.6 is 0 Å². The fourth-order valence-corrected chi connectivity index (χ4v) is 1.33. The highest BCUT2D eigenvalue weighted by atomic mass is 19.1. The number of halogens is 2. The van der Waals surface area contributed by atoms with E-state index in [0.717, 1.165) is 12.1 Å². The van der Waals surface area contributed by atoms with Gasteiger partial charge in [-0.15, -0.1) is 0 Å². The van der Waals surface area contributed by atoms with Crippen molar-refractivity contribution in [2.45, 2.75) is 20.0 Å². The number of benzene rings is 1. The lowest BCUT2D eigenvalue weighted by atomic mass is 10.2. The van der Waals surface area contributed by atoms with E-state index in [9.17, 15) is 13.6 Å². The quantitative estimate of drug-likeness (QED) is 0.776. The summed E-state index contributed by atoms with van der Waals surface area (Å²) >= 11 is 0. The van der Waals surface area contributed by atoms with Crippen LogP contribution < -0.4 is 5.32 Å². The number of nitrogens with one attached hydrogen (secondary N) is 1. The van der Waals surface area contributed by atoms with Crippen molar-refractivity contribution in [1.82, 2.24) is 0 Å². The Labute approximate surface area is 110 Å². The third-order valence-electron chi connectivity index (χ3n) is 2.36. The number of carbonyl (C=O) groups is 1. The first kappa shape index (κ1) is 15.5. The number of rotatable bonds is 7. The van der Waals surface area contributed by atoms with Crippen LogP contribution in [0, 0.1) is 11.6 Å². The van der Waals surface area contributed by atoms with Crippen molar-refractivity contribution in [2.75, 3.05) is 25.1 Å². The number of carbonyl (C=O) groups excluding carboxylic acids is 1. The van der Waals surface area contributed by atoms with Crippen LogP contribution in [0.3, 0.4) is 0 Å². The van der Waals surface area contributed by atoms with E-state index in [1.54, 1.807) is 6.92 Å². The number of ether oxygens (including phenoxy) is 2. The van der Waals surface area contributed by atoms with Gasteiger partial charge in [0.15, 0.2) is 0 Å². The van der Waals surface area contributed by atoms with Crippen LogP contribution in [-0.4, -0.2) is 31.8 Å². The summed E-state index contributed by atoms with van der Waals surface area (Å²) in [4.78, 5) is 11.7. The van der Waals surface area contributed by atoms with Crippen molar-refractivity contribution < 1.29 is 23.0 Å². The molecule has 0 saturated heterocycles. The molecule has 0 aliphatic carbocycles. The zero-order chi connectivity index (χ0) is 14.3. The van der Waals surface area contributed by atoms with Crippen LogP contribution in [0.5, 0.6) is 0 Å². The van der Waals surface area contributed by atoms with Crippen molar-refractivity contribution in [1.29, 1.82) is 0 Å². The van der Waals surface area contributed by atoms with Crippen molar-refractivity contribution in [2.24, 2.45) is 0 Å². The average molecular weight is 273 g/mol. The molecule has 0 aromatic heterocycles. The highest BCUT2D eigenvalue weighted by molar-refractivity contribution is 5.93. The number of hydrogen-bond acceptors (Lipinski definition) is 3. The van der Waals surface area contributed by atoms with Crippen molar-refractivity contribution in [3.63, 3.8) is 0 Å². The monoisotopic (exact) mass is 273 g/mol. The van der Waals surface area contributed by atoms with E-state index in [1.165, 1.54) is 0 Å². The van der Waals surface area contributed by atoms with Crippen LogP contribution in [0.25, 0.3) is 0 Å². The first-order valence-electron chi connectivity index (χ1n) is 5.99. The zero-order valence-corrected chi connectivity index (χ0v) is 10.9. The summed E-state index contributed by atoms with van der Waals surface area (Å²) in [6.07, 6.45) is -0.745. The molecule has 1 aromatic carbocycles. The van der Waals surface area contributed by atoms with Gasteiger partial charge in [0.25, 0.3) is 5.91 Å². The zero-order valence-electron chi connectivity index (χ0n) is 10.9. The molecule has 0 saturated carbocycles. The summed E-state index contributed by atoms with van der Waals surface area (Å²) in [6, 6.07) is 2.94. The molecule has 19 heavy (non-hydrogen) atoms. The Balaban J connectivity index is 2.45. The largest absolute Gasteiger partial charge is 0.379 e. The van der Waals surface area contributed by atoms with E-state index < -0.39 is 23.6 Å². The minimum atomic E-state index is -0.824. The molecule has 1 N–H and O–H groups in total. The van der Waals surface area contributed by atoms with Crippen molar-refractivity contribution in [3.8, 4) is 0 Å². The molecule has 0 bridgehead atoms. The van der Waals surface area contributed by atoms with Gasteiger partial charge in [-0.25, -0.2) is 8.78 Å². The highest BCUT2D eigenvalue weighted by Crippen LogP contribution is 2.15. The molecule has 6 heteroatoms. The lowest BCUT2D eigenvalue weighted by Crippen LogP contribution is -2.29. The maximum Gasteiger partial charge on any atom is 0.253 e. The van der Waals surface area contributed by atoms with Crippen molar-refractivity contribution in [3.05, 3.63) is 29.8 Å². The summed E-state index contributed by atoms with van der Waals surface area (Å²) < 4.78 is 36.3. The Hall–Kier alpha value is -1.53. The van der Waals surface area contributed by atoms with Gasteiger partial charge in [0, 0.05) is 12.7 Å². The Morgan fingerprint density at radius 3 is 2.74 bits per heavy atom. The van der Waals surface area contributed by atoms with Crippen LogP contribution in [-0.2, 0) is 14.3 Å². The standard InChI is InChI=1S/C13H17F2NO3/c1-3-18-6-7-19-9(2)13(17)16-12-5-4-10(14)8-11(12)15/h4-5,8-9H,3,6-7H2,1-2H3,(H,16,17). The fourth-order valence-electron chi connectivity index (χ4n) is 1.33. The van der Waals surface area contributed by atoms with E-state index in [-0.39, 0.29) is 12.3 Å². The predicted molar refractivity (Wildman–Crippen MR) is 66.9 cm³/mol. The normalized spacial score (nSPS) is 12.2. The maximum atomic E-state index is 13.3. The van der Waals surface area contributed by atoms with Gasteiger partial charge in [0.05, 0.1) is 18.9 Å². The topological polar surface area (TPSA) is 47.6 Å². The molecule has 0 spiro atoms. The predicted octanol–water partition coefficient (Wildman–Crippen LogP) is 2.34. The van der Waals surface area contributed by atoms with Crippen LogP contribution in [0.4, 0.5) is 14.5 Å². The second-order valence-corrected chi connectivity index (χ2v) is 3.82.